The van der Waals surface area contributed by atoms with Gasteiger partial charge in [0.15, 0.2) is 0 Å². The summed E-state index contributed by atoms with van der Waals surface area (Å²) in [5, 5.41) is 18.4. The molecule has 1 amide bonds. The van der Waals surface area contributed by atoms with E-state index in [2.05, 4.69) is 30.9 Å². The molecule has 0 saturated heterocycles. The highest BCUT2D eigenvalue weighted by atomic mass is 35.5. The minimum Gasteiger partial charge on any atom is -0.355 e. The van der Waals surface area contributed by atoms with E-state index in [-0.39, 0.29) is 18.1 Å². The molecule has 2 aromatic carbocycles. The van der Waals surface area contributed by atoms with E-state index in [9.17, 15) is 9.18 Å². The standard InChI is InChI=1S/C26H22FN7O.ClH/c1-16-13-25(34(2)33-16)26(35)30-24-15-19(7-10-21(24)27)29-18-6-9-20-22(31-32-23(20)14-18)11-8-17-5-3-4-12-28-17;/h3-15,29H,1-2H3,(H,30,35)(H,31,32);1H/b11-8+;. The lowest BCUT2D eigenvalue weighted by molar-refractivity contribution is 0.101. The Balaban J connectivity index is 0.00000304. The Morgan fingerprint density at radius 1 is 1.06 bits per heavy atom. The van der Waals surface area contributed by atoms with E-state index in [0.717, 1.165) is 28.0 Å². The summed E-state index contributed by atoms with van der Waals surface area (Å²) in [6.45, 7) is 1.79. The van der Waals surface area contributed by atoms with Crippen molar-refractivity contribution in [1.82, 2.24) is 25.0 Å². The number of halogens is 2. The minimum atomic E-state index is -0.531. The summed E-state index contributed by atoms with van der Waals surface area (Å²) in [5.41, 5.74) is 5.02. The number of H-pyrrole nitrogens is 1. The zero-order valence-corrected chi connectivity index (χ0v) is 20.3. The summed E-state index contributed by atoms with van der Waals surface area (Å²) in [6.07, 6.45) is 5.56. The molecule has 0 bridgehead atoms. The van der Waals surface area contributed by atoms with Crippen molar-refractivity contribution in [2.24, 2.45) is 7.05 Å². The number of rotatable bonds is 6. The number of aryl methyl sites for hydroxylation is 2. The zero-order chi connectivity index (χ0) is 24.4. The number of benzene rings is 2. The maximum Gasteiger partial charge on any atom is 0.274 e. The Bertz CT molecular complexity index is 1560. The number of hydrogen-bond donors (Lipinski definition) is 3. The molecular weight excluding hydrogens is 481 g/mol. The molecule has 3 aromatic heterocycles. The van der Waals surface area contributed by atoms with Crippen molar-refractivity contribution in [3.05, 3.63) is 95.5 Å². The van der Waals surface area contributed by atoms with Crippen LogP contribution in [-0.2, 0) is 7.05 Å². The molecule has 5 rings (SSSR count). The van der Waals surface area contributed by atoms with E-state index in [1.165, 1.54) is 10.7 Å². The zero-order valence-electron chi connectivity index (χ0n) is 19.5. The van der Waals surface area contributed by atoms with Crippen molar-refractivity contribution in [1.29, 1.82) is 0 Å². The predicted octanol–water partition coefficient (Wildman–Crippen LogP) is 5.73. The number of anilines is 3. The van der Waals surface area contributed by atoms with Crippen LogP contribution in [0.2, 0.25) is 0 Å². The van der Waals surface area contributed by atoms with Crippen LogP contribution in [0.1, 0.15) is 27.6 Å². The van der Waals surface area contributed by atoms with Crippen molar-refractivity contribution in [3.63, 3.8) is 0 Å². The summed E-state index contributed by atoms with van der Waals surface area (Å²) in [4.78, 5) is 16.9. The monoisotopic (exact) mass is 503 g/mol. The van der Waals surface area contributed by atoms with Gasteiger partial charge in [0.1, 0.15) is 11.5 Å². The van der Waals surface area contributed by atoms with Gasteiger partial charge >= 0.3 is 0 Å². The van der Waals surface area contributed by atoms with Gasteiger partial charge in [-0.1, -0.05) is 6.07 Å². The third-order valence-corrected chi connectivity index (χ3v) is 5.43. The summed E-state index contributed by atoms with van der Waals surface area (Å²) >= 11 is 0. The highest BCUT2D eigenvalue weighted by molar-refractivity contribution is 6.03. The summed E-state index contributed by atoms with van der Waals surface area (Å²) < 4.78 is 15.9. The Hall–Kier alpha value is -4.50. The third-order valence-electron chi connectivity index (χ3n) is 5.43. The number of carbonyl (C=O) groups is 1. The lowest BCUT2D eigenvalue weighted by atomic mass is 10.1. The van der Waals surface area contributed by atoms with Gasteiger partial charge in [-0.2, -0.15) is 10.2 Å². The number of nitrogens with zero attached hydrogens (tertiary/aromatic N) is 4. The first-order valence-electron chi connectivity index (χ1n) is 10.9. The van der Waals surface area contributed by atoms with E-state index in [4.69, 9.17) is 0 Å². The number of carbonyl (C=O) groups excluding carboxylic acids is 1. The van der Waals surface area contributed by atoms with Gasteiger partial charge in [-0.25, -0.2) is 4.39 Å². The Morgan fingerprint density at radius 2 is 1.86 bits per heavy atom. The van der Waals surface area contributed by atoms with Crippen molar-refractivity contribution < 1.29 is 9.18 Å². The molecule has 5 aromatic rings. The van der Waals surface area contributed by atoms with E-state index >= 15 is 0 Å². The molecular formula is C26H23ClFN7O. The lowest BCUT2D eigenvalue weighted by Crippen LogP contribution is -2.17. The van der Waals surface area contributed by atoms with Crippen LogP contribution in [0.4, 0.5) is 21.5 Å². The molecule has 10 heteroatoms. The summed E-state index contributed by atoms with van der Waals surface area (Å²) in [7, 11) is 1.67. The number of pyridine rings is 1. The second-order valence-electron chi connectivity index (χ2n) is 8.03. The molecule has 8 nitrogen and oxygen atoms in total. The van der Waals surface area contributed by atoms with E-state index in [1.807, 2.05) is 48.6 Å². The van der Waals surface area contributed by atoms with Gasteiger partial charge in [0.25, 0.3) is 5.91 Å². The topological polar surface area (TPSA) is 101 Å². The van der Waals surface area contributed by atoms with Gasteiger partial charge in [0.05, 0.1) is 28.3 Å². The number of nitrogens with one attached hydrogen (secondary N) is 3. The lowest BCUT2D eigenvalue weighted by Gasteiger charge is -2.11. The van der Waals surface area contributed by atoms with Crippen LogP contribution in [0.3, 0.4) is 0 Å². The molecule has 182 valence electrons. The molecule has 0 aliphatic carbocycles. The number of aromatic nitrogens is 5. The Kier molecular flexibility index (Phi) is 7.12. The molecule has 36 heavy (non-hydrogen) atoms. The normalized spacial score (nSPS) is 11.0. The number of fused-ring (bicyclic) bond motifs is 1. The third kappa shape index (κ3) is 5.26. The quantitative estimate of drug-likeness (QED) is 0.275. The fourth-order valence-electron chi connectivity index (χ4n) is 3.76. The first-order valence-corrected chi connectivity index (χ1v) is 10.9. The molecule has 0 radical (unpaired) electrons. The van der Waals surface area contributed by atoms with Crippen molar-refractivity contribution in [2.75, 3.05) is 10.6 Å². The van der Waals surface area contributed by atoms with Crippen molar-refractivity contribution in [3.8, 4) is 0 Å². The van der Waals surface area contributed by atoms with Gasteiger partial charge in [0.2, 0.25) is 0 Å². The van der Waals surface area contributed by atoms with Gasteiger partial charge in [-0.15, -0.1) is 12.4 Å². The van der Waals surface area contributed by atoms with Crippen molar-refractivity contribution >= 4 is 58.4 Å². The van der Waals surface area contributed by atoms with Crippen LogP contribution < -0.4 is 10.6 Å². The van der Waals surface area contributed by atoms with Gasteiger partial charge in [0, 0.05) is 30.0 Å². The van der Waals surface area contributed by atoms with Crippen LogP contribution in [0.5, 0.6) is 0 Å². The highest BCUT2D eigenvalue weighted by Gasteiger charge is 2.15. The molecule has 3 heterocycles. The van der Waals surface area contributed by atoms with Crippen LogP contribution in [0.25, 0.3) is 23.1 Å². The average Bonchev–Trinajstić information content (AvgIpc) is 3.42. The van der Waals surface area contributed by atoms with Crippen LogP contribution in [0, 0.1) is 12.7 Å². The summed E-state index contributed by atoms with van der Waals surface area (Å²) in [6, 6.07) is 17.6. The fourth-order valence-corrected chi connectivity index (χ4v) is 3.76. The average molecular weight is 504 g/mol. The first kappa shape index (κ1) is 24.6. The van der Waals surface area contributed by atoms with E-state index < -0.39 is 11.7 Å². The highest BCUT2D eigenvalue weighted by Crippen LogP contribution is 2.27. The molecule has 0 aliphatic rings. The molecule has 0 spiro atoms. The number of aromatic amines is 1. The maximum atomic E-state index is 14.4. The molecule has 3 N–H and O–H groups in total. The second kappa shape index (κ2) is 10.4. The Labute approximate surface area is 212 Å². The van der Waals surface area contributed by atoms with E-state index in [0.29, 0.717) is 17.1 Å². The SMILES string of the molecule is Cc1cc(C(=O)Nc2cc(Nc3ccc4c(/C=C/c5ccccn5)n[nH]c4c3)ccc2F)n(C)n1.Cl. The predicted molar refractivity (Wildman–Crippen MR) is 142 cm³/mol. The number of amides is 1. The van der Waals surface area contributed by atoms with Crippen LogP contribution in [0.15, 0.2) is 66.9 Å². The molecule has 0 atom stereocenters. The second-order valence-corrected chi connectivity index (χ2v) is 8.03. The molecule has 0 aliphatic heterocycles. The van der Waals surface area contributed by atoms with Gasteiger partial charge < -0.3 is 10.6 Å². The van der Waals surface area contributed by atoms with Crippen LogP contribution in [-0.4, -0.2) is 30.9 Å². The first-order chi connectivity index (χ1) is 17.0. The van der Waals surface area contributed by atoms with Gasteiger partial charge in [-0.3, -0.25) is 19.6 Å². The Morgan fingerprint density at radius 3 is 2.61 bits per heavy atom. The fraction of sp³-hybridized carbons (Fsp3) is 0.0769. The number of hydrogen-bond acceptors (Lipinski definition) is 5. The van der Waals surface area contributed by atoms with Gasteiger partial charge in [-0.05, 0) is 73.7 Å². The van der Waals surface area contributed by atoms with Crippen LogP contribution >= 0.6 is 12.4 Å². The smallest absolute Gasteiger partial charge is 0.274 e. The molecule has 0 saturated carbocycles. The minimum absolute atomic E-state index is 0. The van der Waals surface area contributed by atoms with E-state index in [1.54, 1.807) is 38.4 Å². The largest absolute Gasteiger partial charge is 0.355 e. The maximum absolute atomic E-state index is 14.4. The van der Waals surface area contributed by atoms with Crippen molar-refractivity contribution in [2.45, 2.75) is 6.92 Å². The molecule has 0 unspecified atom stereocenters. The summed E-state index contributed by atoms with van der Waals surface area (Å²) in [5.74, 6) is -0.967. The molecule has 0 fully saturated rings.